The average Bonchev–Trinajstić information content (AvgIpc) is 2.45. The van der Waals surface area contributed by atoms with E-state index >= 15 is 0 Å². The molecule has 0 spiro atoms. The van der Waals surface area contributed by atoms with E-state index in [1.165, 1.54) is 0 Å². The Bertz CT molecular complexity index is 392. The average molecular weight is 193 g/mol. The number of fused-ring (bicyclic) bond motifs is 1. The lowest BCUT2D eigenvalue weighted by atomic mass is 9.97. The normalized spacial score (nSPS) is 25.3. The van der Waals surface area contributed by atoms with E-state index in [4.69, 9.17) is 18.0 Å². The van der Waals surface area contributed by atoms with Crippen LogP contribution in [0.5, 0.6) is 0 Å². The predicted molar refractivity (Wildman–Crippen MR) is 52.5 cm³/mol. The Labute approximate surface area is 82.3 Å². The summed E-state index contributed by atoms with van der Waals surface area (Å²) < 4.78 is 0. The second-order valence-corrected chi connectivity index (χ2v) is 3.74. The molecule has 0 heterocycles. The van der Waals surface area contributed by atoms with Crippen molar-refractivity contribution >= 4 is 11.6 Å². The van der Waals surface area contributed by atoms with Crippen molar-refractivity contribution in [1.82, 2.24) is 0 Å². The summed E-state index contributed by atoms with van der Waals surface area (Å²) in [6, 6.07) is 5.44. The van der Waals surface area contributed by atoms with Gasteiger partial charge >= 0.3 is 0 Å². The van der Waals surface area contributed by atoms with Crippen LogP contribution < -0.4 is 0 Å². The third-order valence-electron chi connectivity index (χ3n) is 2.51. The first-order chi connectivity index (χ1) is 6.15. The molecule has 1 nitrogen and oxygen atoms in total. The van der Waals surface area contributed by atoms with Crippen LogP contribution in [0.15, 0.2) is 18.2 Å². The molecule has 1 aliphatic rings. The van der Waals surface area contributed by atoms with Crippen LogP contribution >= 0.6 is 11.6 Å². The van der Waals surface area contributed by atoms with Crippen molar-refractivity contribution in [3.8, 4) is 12.3 Å². The molecular formula is C11H9ClO. The Morgan fingerprint density at radius 3 is 3.00 bits per heavy atom. The van der Waals surface area contributed by atoms with Crippen LogP contribution in [-0.2, 0) is 12.0 Å². The Hall–Kier alpha value is -0.970. The van der Waals surface area contributed by atoms with E-state index in [1.54, 1.807) is 6.07 Å². The molecule has 0 aromatic heterocycles. The van der Waals surface area contributed by atoms with Gasteiger partial charge in [0.1, 0.15) is 0 Å². The third-order valence-corrected chi connectivity index (χ3v) is 2.74. The summed E-state index contributed by atoms with van der Waals surface area (Å²) in [6.07, 6.45) is 6.69. The van der Waals surface area contributed by atoms with Gasteiger partial charge in [-0.15, -0.1) is 6.42 Å². The van der Waals surface area contributed by atoms with Gasteiger partial charge in [0.2, 0.25) is 0 Å². The summed E-state index contributed by atoms with van der Waals surface area (Å²) in [7, 11) is 0. The summed E-state index contributed by atoms with van der Waals surface area (Å²) in [6.45, 7) is 0. The number of benzene rings is 1. The van der Waals surface area contributed by atoms with Crippen LogP contribution in [0.4, 0.5) is 0 Å². The van der Waals surface area contributed by atoms with E-state index < -0.39 is 5.60 Å². The smallest absolute Gasteiger partial charge is 0.151 e. The van der Waals surface area contributed by atoms with Crippen molar-refractivity contribution in [2.45, 2.75) is 18.4 Å². The number of aryl methyl sites for hydroxylation is 1. The van der Waals surface area contributed by atoms with Crippen LogP contribution in [0.3, 0.4) is 0 Å². The molecule has 1 N–H and O–H groups in total. The van der Waals surface area contributed by atoms with Crippen molar-refractivity contribution in [2.24, 2.45) is 0 Å². The summed E-state index contributed by atoms with van der Waals surface area (Å²) in [5.41, 5.74) is 0.826. The van der Waals surface area contributed by atoms with Crippen molar-refractivity contribution in [1.29, 1.82) is 0 Å². The molecule has 0 aliphatic heterocycles. The SMILES string of the molecule is C#CC1(O)CCc2cc(Cl)ccc21. The van der Waals surface area contributed by atoms with Crippen LogP contribution in [0.25, 0.3) is 0 Å². The quantitative estimate of drug-likeness (QED) is 0.625. The monoisotopic (exact) mass is 192 g/mol. The molecule has 1 unspecified atom stereocenters. The first-order valence-electron chi connectivity index (χ1n) is 4.15. The lowest BCUT2D eigenvalue weighted by molar-refractivity contribution is 0.103. The molecule has 2 heteroatoms. The van der Waals surface area contributed by atoms with Gasteiger partial charge in [0.05, 0.1) is 0 Å². The predicted octanol–water partition coefficient (Wildman–Crippen LogP) is 2.11. The summed E-state index contributed by atoms with van der Waals surface area (Å²) >= 11 is 5.83. The molecule has 1 aromatic rings. The van der Waals surface area contributed by atoms with E-state index in [0.29, 0.717) is 11.4 Å². The van der Waals surface area contributed by atoms with Gasteiger partial charge in [-0.25, -0.2) is 0 Å². The fourth-order valence-corrected chi connectivity index (χ4v) is 1.97. The Balaban J connectivity index is 2.57. The molecule has 1 atom stereocenters. The summed E-state index contributed by atoms with van der Waals surface area (Å²) in [5.74, 6) is 2.43. The minimum Gasteiger partial charge on any atom is -0.373 e. The zero-order chi connectivity index (χ0) is 9.47. The molecule has 13 heavy (non-hydrogen) atoms. The van der Waals surface area contributed by atoms with Crippen molar-refractivity contribution in [3.05, 3.63) is 34.3 Å². The number of aliphatic hydroxyl groups is 1. The highest BCUT2D eigenvalue weighted by molar-refractivity contribution is 6.30. The van der Waals surface area contributed by atoms with E-state index in [9.17, 15) is 5.11 Å². The van der Waals surface area contributed by atoms with Crippen molar-refractivity contribution in [2.75, 3.05) is 0 Å². The Morgan fingerprint density at radius 1 is 1.54 bits per heavy atom. The summed E-state index contributed by atoms with van der Waals surface area (Å²) in [4.78, 5) is 0. The molecule has 66 valence electrons. The highest BCUT2D eigenvalue weighted by Crippen LogP contribution is 2.37. The Morgan fingerprint density at radius 2 is 2.31 bits per heavy atom. The number of terminal acetylenes is 1. The first-order valence-corrected chi connectivity index (χ1v) is 4.52. The molecule has 2 rings (SSSR count). The van der Waals surface area contributed by atoms with Gasteiger partial charge in [-0.3, -0.25) is 0 Å². The van der Waals surface area contributed by atoms with Gasteiger partial charge in [-0.1, -0.05) is 23.6 Å². The molecule has 0 saturated heterocycles. The third kappa shape index (κ3) is 1.23. The zero-order valence-corrected chi connectivity index (χ0v) is 7.80. The maximum absolute atomic E-state index is 9.96. The van der Waals surface area contributed by atoms with Crippen LogP contribution in [-0.4, -0.2) is 5.11 Å². The largest absolute Gasteiger partial charge is 0.373 e. The van der Waals surface area contributed by atoms with Gasteiger partial charge in [0.15, 0.2) is 5.60 Å². The molecule has 0 amide bonds. The maximum Gasteiger partial charge on any atom is 0.151 e. The molecule has 0 fully saturated rings. The first kappa shape index (κ1) is 8.62. The van der Waals surface area contributed by atoms with Crippen LogP contribution in [0, 0.1) is 12.3 Å². The van der Waals surface area contributed by atoms with E-state index in [-0.39, 0.29) is 0 Å². The molecule has 1 aliphatic carbocycles. The van der Waals surface area contributed by atoms with Crippen LogP contribution in [0.1, 0.15) is 17.5 Å². The lowest BCUT2D eigenvalue weighted by Gasteiger charge is -2.15. The molecule has 0 bridgehead atoms. The molecule has 0 radical (unpaired) electrons. The van der Waals surface area contributed by atoms with E-state index in [2.05, 4.69) is 5.92 Å². The number of halogens is 1. The van der Waals surface area contributed by atoms with Crippen molar-refractivity contribution in [3.63, 3.8) is 0 Å². The highest BCUT2D eigenvalue weighted by atomic mass is 35.5. The zero-order valence-electron chi connectivity index (χ0n) is 7.05. The minimum atomic E-state index is -1.07. The van der Waals surface area contributed by atoms with Gasteiger partial charge in [0.25, 0.3) is 0 Å². The number of hydrogen-bond donors (Lipinski definition) is 1. The van der Waals surface area contributed by atoms with Crippen LogP contribution in [0.2, 0.25) is 5.02 Å². The fraction of sp³-hybridized carbons (Fsp3) is 0.273. The molecular weight excluding hydrogens is 184 g/mol. The molecule has 1 aromatic carbocycles. The second kappa shape index (κ2) is 2.77. The van der Waals surface area contributed by atoms with E-state index in [0.717, 1.165) is 17.5 Å². The van der Waals surface area contributed by atoms with Gasteiger partial charge < -0.3 is 5.11 Å². The Kier molecular flexibility index (Phi) is 1.83. The van der Waals surface area contributed by atoms with Gasteiger partial charge in [0, 0.05) is 5.02 Å². The number of rotatable bonds is 0. The maximum atomic E-state index is 9.96. The number of hydrogen-bond acceptors (Lipinski definition) is 1. The van der Waals surface area contributed by atoms with Crippen molar-refractivity contribution < 1.29 is 5.11 Å². The minimum absolute atomic E-state index is 0.596. The van der Waals surface area contributed by atoms with E-state index in [1.807, 2.05) is 12.1 Å². The fourth-order valence-electron chi connectivity index (χ4n) is 1.77. The highest BCUT2D eigenvalue weighted by Gasteiger charge is 2.34. The topological polar surface area (TPSA) is 20.2 Å². The standard InChI is InChI=1S/C11H9ClO/c1-2-11(13)6-5-8-7-9(12)3-4-10(8)11/h1,3-4,7,13H,5-6H2. The molecule has 0 saturated carbocycles. The van der Waals surface area contributed by atoms with Gasteiger partial charge in [-0.05, 0) is 36.1 Å². The van der Waals surface area contributed by atoms with Gasteiger partial charge in [-0.2, -0.15) is 0 Å². The lowest BCUT2D eigenvalue weighted by Crippen LogP contribution is -2.18. The summed E-state index contributed by atoms with van der Waals surface area (Å²) in [5, 5.41) is 10.7. The second-order valence-electron chi connectivity index (χ2n) is 3.31.